The second kappa shape index (κ2) is 11.3. The minimum Gasteiger partial charge on any atom is -0.492 e. The van der Waals surface area contributed by atoms with E-state index in [0.29, 0.717) is 18.0 Å². The number of anilines is 1. The lowest BCUT2D eigenvalue weighted by Gasteiger charge is -2.16. The van der Waals surface area contributed by atoms with Crippen molar-refractivity contribution in [1.82, 2.24) is 4.72 Å². The van der Waals surface area contributed by atoms with Crippen LogP contribution in [0.3, 0.4) is 0 Å². The number of ether oxygens (including phenoxy) is 2. The highest BCUT2D eigenvalue weighted by Gasteiger charge is 2.23. The van der Waals surface area contributed by atoms with Gasteiger partial charge < -0.3 is 14.8 Å². The summed E-state index contributed by atoms with van der Waals surface area (Å²) in [4.78, 5) is 24.1. The highest BCUT2D eigenvalue weighted by Crippen LogP contribution is 2.28. The number of rotatable bonds is 10. The molecule has 11 heteroatoms. The first-order chi connectivity index (χ1) is 14.7. The van der Waals surface area contributed by atoms with Crippen molar-refractivity contribution in [1.29, 1.82) is 0 Å². The van der Waals surface area contributed by atoms with E-state index in [4.69, 9.17) is 32.7 Å². The van der Waals surface area contributed by atoms with Crippen molar-refractivity contribution < 1.29 is 27.5 Å². The topological polar surface area (TPSA) is 111 Å². The molecule has 1 unspecified atom stereocenters. The first-order valence-corrected chi connectivity index (χ1v) is 11.6. The Morgan fingerprint density at radius 2 is 1.71 bits per heavy atom. The zero-order chi connectivity index (χ0) is 23.0. The van der Waals surface area contributed by atoms with Crippen LogP contribution >= 0.6 is 23.2 Å². The van der Waals surface area contributed by atoms with Gasteiger partial charge in [-0.05, 0) is 38.1 Å². The normalized spacial score (nSPS) is 12.1. The summed E-state index contributed by atoms with van der Waals surface area (Å²) in [6, 6.07) is 11.1. The van der Waals surface area contributed by atoms with Gasteiger partial charge in [0.05, 0.1) is 28.8 Å². The van der Waals surface area contributed by atoms with Gasteiger partial charge in [0.25, 0.3) is 5.91 Å². The van der Waals surface area contributed by atoms with Crippen LogP contribution in [0.2, 0.25) is 10.0 Å². The molecule has 2 N–H and O–H groups in total. The molecule has 2 rings (SSSR count). The summed E-state index contributed by atoms with van der Waals surface area (Å²) in [6.07, 6.45) is -1.40. The molecule has 1 amide bonds. The van der Waals surface area contributed by atoms with E-state index in [2.05, 4.69) is 10.0 Å². The Bertz CT molecular complexity index is 1030. The molecule has 0 aliphatic carbocycles. The van der Waals surface area contributed by atoms with Crippen LogP contribution in [-0.2, 0) is 24.3 Å². The number of sulfonamides is 1. The molecule has 0 saturated carbocycles. The van der Waals surface area contributed by atoms with E-state index in [1.807, 2.05) is 6.92 Å². The second-order valence-electron chi connectivity index (χ2n) is 6.25. The number of para-hydroxylation sites is 2. The van der Waals surface area contributed by atoms with Crippen LogP contribution in [0, 0.1) is 0 Å². The average molecular weight is 489 g/mol. The Balaban J connectivity index is 1.88. The Labute approximate surface area is 190 Å². The molecule has 8 nitrogen and oxygen atoms in total. The number of carbonyl (C=O) groups excluding carboxylic acids is 2. The number of nitrogens with one attached hydrogen (secondary N) is 2. The zero-order valence-corrected chi connectivity index (χ0v) is 19.2. The number of hydrogen-bond acceptors (Lipinski definition) is 6. The number of amides is 1. The van der Waals surface area contributed by atoms with Crippen molar-refractivity contribution in [3.8, 4) is 5.75 Å². The van der Waals surface area contributed by atoms with E-state index >= 15 is 0 Å². The molecular formula is C20H22Cl2N2O6S. The van der Waals surface area contributed by atoms with Crippen molar-refractivity contribution >= 4 is 50.8 Å². The maximum Gasteiger partial charge on any atom is 0.307 e. The fourth-order valence-corrected chi connectivity index (χ4v) is 4.67. The van der Waals surface area contributed by atoms with Gasteiger partial charge in [-0.2, -0.15) is 0 Å². The second-order valence-corrected chi connectivity index (χ2v) is 8.77. The van der Waals surface area contributed by atoms with Gasteiger partial charge in [-0.15, -0.1) is 0 Å². The molecule has 0 aliphatic heterocycles. The quantitative estimate of drug-likeness (QED) is 0.494. The number of esters is 1. The summed E-state index contributed by atoms with van der Waals surface area (Å²) in [6.45, 7) is 3.39. The smallest absolute Gasteiger partial charge is 0.307 e. The van der Waals surface area contributed by atoms with E-state index in [9.17, 15) is 18.0 Å². The van der Waals surface area contributed by atoms with Gasteiger partial charge in [-0.3, -0.25) is 9.59 Å². The molecule has 0 aliphatic rings. The first kappa shape index (κ1) is 24.9. The van der Waals surface area contributed by atoms with E-state index in [1.165, 1.54) is 25.1 Å². The summed E-state index contributed by atoms with van der Waals surface area (Å²) < 4.78 is 37.5. The van der Waals surface area contributed by atoms with E-state index < -0.39 is 28.0 Å². The third-order valence-electron chi connectivity index (χ3n) is 3.93. The minimum absolute atomic E-state index is 0.0415. The highest BCUT2D eigenvalue weighted by molar-refractivity contribution is 7.89. The molecule has 0 heterocycles. The van der Waals surface area contributed by atoms with Crippen LogP contribution in [-0.4, -0.2) is 39.5 Å². The molecule has 0 aromatic heterocycles. The fraction of sp³-hybridized carbons (Fsp3) is 0.300. The maximum absolute atomic E-state index is 12.4. The molecular weight excluding hydrogens is 467 g/mol. The number of halogens is 2. The fourth-order valence-electron chi connectivity index (χ4n) is 2.49. The predicted octanol–water partition coefficient (Wildman–Crippen LogP) is 3.63. The summed E-state index contributed by atoms with van der Waals surface area (Å²) in [5.41, 5.74) is 0.446. The highest BCUT2D eigenvalue weighted by atomic mass is 35.5. The van der Waals surface area contributed by atoms with Crippen molar-refractivity contribution in [3.05, 3.63) is 52.5 Å². The summed E-state index contributed by atoms with van der Waals surface area (Å²) in [5, 5.41) is 2.55. The van der Waals surface area contributed by atoms with Gasteiger partial charge in [0.2, 0.25) is 10.0 Å². The molecule has 31 heavy (non-hydrogen) atoms. The molecule has 0 fully saturated rings. The maximum atomic E-state index is 12.4. The van der Waals surface area contributed by atoms with Crippen molar-refractivity contribution in [2.24, 2.45) is 0 Å². The van der Waals surface area contributed by atoms with Crippen molar-refractivity contribution in [3.63, 3.8) is 0 Å². The summed E-state index contributed by atoms with van der Waals surface area (Å²) in [7, 11) is -4.03. The van der Waals surface area contributed by atoms with E-state index in [0.717, 1.165) is 0 Å². The van der Waals surface area contributed by atoms with E-state index in [1.54, 1.807) is 24.3 Å². The first-order valence-electron chi connectivity index (χ1n) is 9.31. The SMILES string of the molecule is CCOc1ccccc1NC(=O)C(C)OC(=O)CCNS(=O)(=O)c1c(Cl)cccc1Cl. The van der Waals surface area contributed by atoms with Crippen LogP contribution < -0.4 is 14.8 Å². The molecule has 0 saturated heterocycles. The largest absolute Gasteiger partial charge is 0.492 e. The van der Waals surface area contributed by atoms with Crippen LogP contribution in [0.5, 0.6) is 5.75 Å². The third-order valence-corrected chi connectivity index (χ3v) is 6.35. The van der Waals surface area contributed by atoms with Gasteiger partial charge in [-0.25, -0.2) is 13.1 Å². The van der Waals surface area contributed by atoms with Crippen LogP contribution in [0.4, 0.5) is 5.69 Å². The Morgan fingerprint density at radius 3 is 2.35 bits per heavy atom. The molecule has 0 radical (unpaired) electrons. The molecule has 0 bridgehead atoms. The molecule has 2 aromatic rings. The van der Waals surface area contributed by atoms with Gasteiger partial charge in [-0.1, -0.05) is 41.4 Å². The molecule has 0 spiro atoms. The predicted molar refractivity (Wildman–Crippen MR) is 118 cm³/mol. The van der Waals surface area contributed by atoms with Crippen molar-refractivity contribution in [2.45, 2.75) is 31.3 Å². The van der Waals surface area contributed by atoms with Gasteiger partial charge in [0.1, 0.15) is 10.6 Å². The lowest BCUT2D eigenvalue weighted by atomic mass is 10.2. The standard InChI is InChI=1S/C20H22Cl2N2O6S/c1-3-29-17-10-5-4-9-16(17)24-20(26)13(2)30-18(25)11-12-23-31(27,28)19-14(21)7-6-8-15(19)22/h4-10,13,23H,3,11-12H2,1-2H3,(H,24,26). The van der Waals surface area contributed by atoms with Crippen LogP contribution in [0.1, 0.15) is 20.3 Å². The summed E-state index contributed by atoms with van der Waals surface area (Å²) >= 11 is 11.8. The van der Waals surface area contributed by atoms with E-state index in [-0.39, 0.29) is 27.9 Å². The number of carbonyl (C=O) groups is 2. The molecule has 168 valence electrons. The van der Waals surface area contributed by atoms with Crippen LogP contribution in [0.15, 0.2) is 47.4 Å². The lowest BCUT2D eigenvalue weighted by Crippen LogP contribution is -2.32. The summed E-state index contributed by atoms with van der Waals surface area (Å²) in [5.74, 6) is -0.817. The molecule has 1 atom stereocenters. The zero-order valence-electron chi connectivity index (χ0n) is 16.9. The molecule has 2 aromatic carbocycles. The Hall–Kier alpha value is -2.33. The average Bonchev–Trinajstić information content (AvgIpc) is 2.69. The minimum atomic E-state index is -4.03. The number of benzene rings is 2. The number of hydrogen-bond donors (Lipinski definition) is 2. The van der Waals surface area contributed by atoms with Gasteiger partial charge in [0.15, 0.2) is 6.10 Å². The lowest BCUT2D eigenvalue weighted by molar-refractivity contribution is -0.152. The Morgan fingerprint density at radius 1 is 1.06 bits per heavy atom. The van der Waals surface area contributed by atoms with Gasteiger partial charge in [0, 0.05) is 6.54 Å². The van der Waals surface area contributed by atoms with Crippen LogP contribution in [0.25, 0.3) is 0 Å². The van der Waals surface area contributed by atoms with Crippen molar-refractivity contribution in [2.75, 3.05) is 18.5 Å². The third kappa shape index (κ3) is 7.10. The Kier molecular flexibility index (Phi) is 9.12. The van der Waals surface area contributed by atoms with Gasteiger partial charge >= 0.3 is 5.97 Å². The monoisotopic (exact) mass is 488 g/mol.